The van der Waals surface area contributed by atoms with Crippen molar-refractivity contribution in [3.8, 4) is 0 Å². The summed E-state index contributed by atoms with van der Waals surface area (Å²) in [4.78, 5) is 0. The van der Waals surface area contributed by atoms with Crippen LogP contribution in [-0.4, -0.2) is 0 Å². The Labute approximate surface area is 147 Å². The second-order valence-electron chi connectivity index (χ2n) is 8.35. The first kappa shape index (κ1) is 17.7. The van der Waals surface area contributed by atoms with Crippen molar-refractivity contribution in [2.75, 3.05) is 0 Å². The van der Waals surface area contributed by atoms with E-state index in [1.54, 1.807) is 12.1 Å². The highest BCUT2D eigenvalue weighted by atomic mass is 19.1. The predicted molar refractivity (Wildman–Crippen MR) is 100 cm³/mol. The lowest BCUT2D eigenvalue weighted by molar-refractivity contribution is 0.293. The summed E-state index contributed by atoms with van der Waals surface area (Å²) < 4.78 is 12.9. The maximum absolute atomic E-state index is 12.9. The molecule has 132 valence electrons. The van der Waals surface area contributed by atoms with Gasteiger partial charge in [0.15, 0.2) is 0 Å². The molecule has 0 unspecified atom stereocenters. The molecular weight excluding hydrogens is 295 g/mol. The van der Waals surface area contributed by atoms with Gasteiger partial charge in [-0.25, -0.2) is 4.39 Å². The monoisotopic (exact) mass is 328 g/mol. The lowest BCUT2D eigenvalue weighted by Gasteiger charge is -2.28. The highest BCUT2D eigenvalue weighted by molar-refractivity contribution is 5.16. The van der Waals surface area contributed by atoms with Gasteiger partial charge in [-0.05, 0) is 92.7 Å². The third-order valence-electron chi connectivity index (χ3n) is 6.36. The Balaban J connectivity index is 1.35. The smallest absolute Gasteiger partial charge is 0.123 e. The van der Waals surface area contributed by atoms with E-state index in [-0.39, 0.29) is 5.82 Å². The SMILES string of the molecule is CC1CCC(/C=C/C2CCC(CCc3ccc(F)cc3)CC2)CC1. The maximum atomic E-state index is 12.9. The van der Waals surface area contributed by atoms with Gasteiger partial charge in [0.1, 0.15) is 5.82 Å². The van der Waals surface area contributed by atoms with Crippen LogP contribution in [0.2, 0.25) is 0 Å². The number of allylic oxidation sites excluding steroid dienone is 2. The fourth-order valence-electron chi connectivity index (χ4n) is 4.48. The van der Waals surface area contributed by atoms with Crippen molar-refractivity contribution in [2.24, 2.45) is 23.7 Å². The molecule has 1 heteroatoms. The Morgan fingerprint density at radius 1 is 0.833 bits per heavy atom. The molecule has 0 bridgehead atoms. The van der Waals surface area contributed by atoms with Crippen LogP contribution in [-0.2, 0) is 6.42 Å². The van der Waals surface area contributed by atoms with Gasteiger partial charge in [0.2, 0.25) is 0 Å². The number of hydrogen-bond donors (Lipinski definition) is 0. The van der Waals surface area contributed by atoms with Crippen LogP contribution >= 0.6 is 0 Å². The zero-order valence-corrected chi connectivity index (χ0v) is 15.2. The van der Waals surface area contributed by atoms with E-state index in [2.05, 4.69) is 19.1 Å². The molecule has 1 aromatic rings. The van der Waals surface area contributed by atoms with Crippen LogP contribution in [0.4, 0.5) is 4.39 Å². The Bertz CT molecular complexity index is 499. The van der Waals surface area contributed by atoms with Crippen LogP contribution in [0.15, 0.2) is 36.4 Å². The van der Waals surface area contributed by atoms with Crippen LogP contribution in [0, 0.1) is 29.5 Å². The van der Waals surface area contributed by atoms with Gasteiger partial charge in [-0.1, -0.05) is 44.1 Å². The van der Waals surface area contributed by atoms with Gasteiger partial charge in [0, 0.05) is 0 Å². The van der Waals surface area contributed by atoms with E-state index in [0.29, 0.717) is 0 Å². The largest absolute Gasteiger partial charge is 0.207 e. The molecule has 0 heterocycles. The second-order valence-corrected chi connectivity index (χ2v) is 8.35. The van der Waals surface area contributed by atoms with E-state index in [1.165, 1.54) is 63.4 Å². The van der Waals surface area contributed by atoms with Crippen LogP contribution in [0.1, 0.15) is 70.3 Å². The first-order chi connectivity index (χ1) is 11.7. The number of halogens is 1. The molecule has 24 heavy (non-hydrogen) atoms. The molecule has 2 fully saturated rings. The van der Waals surface area contributed by atoms with Crippen LogP contribution in [0.5, 0.6) is 0 Å². The van der Waals surface area contributed by atoms with Crippen molar-refractivity contribution in [3.63, 3.8) is 0 Å². The summed E-state index contributed by atoms with van der Waals surface area (Å²) in [7, 11) is 0. The Kier molecular flexibility index (Phi) is 6.51. The number of hydrogen-bond acceptors (Lipinski definition) is 0. The minimum absolute atomic E-state index is 0.126. The lowest BCUT2D eigenvalue weighted by Crippen LogP contribution is -2.15. The van der Waals surface area contributed by atoms with E-state index >= 15 is 0 Å². The van der Waals surface area contributed by atoms with Crippen molar-refractivity contribution in [2.45, 2.75) is 71.1 Å². The Hall–Kier alpha value is -1.11. The van der Waals surface area contributed by atoms with Gasteiger partial charge < -0.3 is 0 Å². The molecule has 0 aliphatic heterocycles. The van der Waals surface area contributed by atoms with Crippen molar-refractivity contribution in [1.29, 1.82) is 0 Å². The molecule has 3 rings (SSSR count). The summed E-state index contributed by atoms with van der Waals surface area (Å²) in [5.74, 6) is 3.38. The van der Waals surface area contributed by atoms with Crippen molar-refractivity contribution in [1.82, 2.24) is 0 Å². The Morgan fingerprint density at radius 3 is 1.96 bits per heavy atom. The summed E-state index contributed by atoms with van der Waals surface area (Å²) in [5.41, 5.74) is 1.28. The molecule has 2 aliphatic rings. The summed E-state index contributed by atoms with van der Waals surface area (Å²) >= 11 is 0. The van der Waals surface area contributed by atoms with E-state index in [9.17, 15) is 4.39 Å². The second kappa shape index (κ2) is 8.83. The minimum Gasteiger partial charge on any atom is -0.207 e. The van der Waals surface area contributed by atoms with Gasteiger partial charge in [0.05, 0.1) is 0 Å². The van der Waals surface area contributed by atoms with Gasteiger partial charge >= 0.3 is 0 Å². The third-order valence-corrected chi connectivity index (χ3v) is 6.36. The number of rotatable bonds is 5. The standard InChI is InChI=1S/C23H33F/c1-18-2-4-19(5-3-18)6-7-20-8-10-21(11-9-20)12-13-22-14-16-23(24)17-15-22/h6-7,14-21H,2-5,8-13H2,1H3/b7-6+. The van der Waals surface area contributed by atoms with E-state index in [4.69, 9.17) is 0 Å². The minimum atomic E-state index is -0.126. The summed E-state index contributed by atoms with van der Waals surface area (Å²) in [5, 5.41) is 0. The van der Waals surface area contributed by atoms with E-state index < -0.39 is 0 Å². The number of aryl methyl sites for hydroxylation is 1. The first-order valence-corrected chi connectivity index (χ1v) is 10.1. The van der Waals surface area contributed by atoms with Crippen LogP contribution in [0.25, 0.3) is 0 Å². The summed E-state index contributed by atoms with van der Waals surface area (Å²) in [6, 6.07) is 7.05. The molecule has 0 atom stereocenters. The zero-order chi connectivity index (χ0) is 16.8. The fraction of sp³-hybridized carbons (Fsp3) is 0.652. The van der Waals surface area contributed by atoms with Gasteiger partial charge in [-0.2, -0.15) is 0 Å². The van der Waals surface area contributed by atoms with Crippen LogP contribution < -0.4 is 0 Å². The lowest BCUT2D eigenvalue weighted by atomic mass is 9.78. The topological polar surface area (TPSA) is 0 Å². The predicted octanol–water partition coefficient (Wildman–Crippen LogP) is 6.95. The molecule has 0 saturated heterocycles. The number of benzene rings is 1. The van der Waals surface area contributed by atoms with Gasteiger partial charge in [-0.15, -0.1) is 0 Å². The summed E-state index contributed by atoms with van der Waals surface area (Å²) in [6.45, 7) is 2.40. The van der Waals surface area contributed by atoms with E-state index in [1.807, 2.05) is 12.1 Å². The molecular formula is C23H33F. The van der Waals surface area contributed by atoms with Gasteiger partial charge in [-0.3, -0.25) is 0 Å². The average Bonchev–Trinajstić information content (AvgIpc) is 2.62. The zero-order valence-electron chi connectivity index (χ0n) is 15.2. The molecule has 0 amide bonds. The quantitative estimate of drug-likeness (QED) is 0.513. The van der Waals surface area contributed by atoms with Crippen molar-refractivity contribution >= 4 is 0 Å². The average molecular weight is 329 g/mol. The van der Waals surface area contributed by atoms with Crippen LogP contribution in [0.3, 0.4) is 0 Å². The highest BCUT2D eigenvalue weighted by Gasteiger charge is 2.20. The normalized spacial score (nSPS) is 31.4. The summed E-state index contributed by atoms with van der Waals surface area (Å²) in [6.07, 6.45) is 18.6. The van der Waals surface area contributed by atoms with Crippen molar-refractivity contribution in [3.05, 3.63) is 47.8 Å². The Morgan fingerprint density at radius 2 is 1.38 bits per heavy atom. The van der Waals surface area contributed by atoms with Gasteiger partial charge in [0.25, 0.3) is 0 Å². The molecule has 2 aliphatic carbocycles. The maximum Gasteiger partial charge on any atom is 0.123 e. The van der Waals surface area contributed by atoms with Crippen molar-refractivity contribution < 1.29 is 4.39 Å². The molecule has 0 spiro atoms. The molecule has 0 N–H and O–H groups in total. The highest BCUT2D eigenvalue weighted by Crippen LogP contribution is 2.34. The molecule has 0 radical (unpaired) electrons. The first-order valence-electron chi connectivity index (χ1n) is 10.1. The molecule has 2 saturated carbocycles. The molecule has 0 aromatic heterocycles. The molecule has 0 nitrogen and oxygen atoms in total. The van der Waals surface area contributed by atoms with E-state index in [0.717, 1.165) is 30.1 Å². The molecule has 1 aromatic carbocycles. The third kappa shape index (κ3) is 5.46. The fourth-order valence-corrected chi connectivity index (χ4v) is 4.48.